The average Bonchev–Trinajstić information content (AvgIpc) is 2.72. The summed E-state index contributed by atoms with van der Waals surface area (Å²) in [5, 5.41) is 0. The molecule has 0 heterocycles. The molecular formula is C25H30F2O2. The van der Waals surface area contributed by atoms with Crippen LogP contribution in [0.1, 0.15) is 75.1 Å². The predicted octanol–water partition coefficient (Wildman–Crippen LogP) is 7.32. The van der Waals surface area contributed by atoms with E-state index in [0.29, 0.717) is 16.7 Å². The van der Waals surface area contributed by atoms with Crippen LogP contribution in [0.2, 0.25) is 0 Å². The lowest BCUT2D eigenvalue weighted by molar-refractivity contribution is 0.0161. The normalized spacial score (nSPS) is 19.1. The Bertz CT molecular complexity index is 793. The molecular weight excluding hydrogens is 370 g/mol. The lowest BCUT2D eigenvalue weighted by Crippen LogP contribution is -2.24. The Morgan fingerprint density at radius 1 is 0.966 bits per heavy atom. The first-order valence-corrected chi connectivity index (χ1v) is 10.8. The van der Waals surface area contributed by atoms with Gasteiger partial charge >= 0.3 is 5.97 Å². The molecule has 156 valence electrons. The van der Waals surface area contributed by atoms with Gasteiger partial charge in [-0.05, 0) is 61.4 Å². The van der Waals surface area contributed by atoms with Gasteiger partial charge in [0.05, 0.1) is 5.56 Å². The highest BCUT2D eigenvalue weighted by Gasteiger charge is 2.24. The smallest absolute Gasteiger partial charge is 0.338 e. The van der Waals surface area contributed by atoms with Crippen molar-refractivity contribution in [2.45, 2.75) is 70.8 Å². The molecule has 0 N–H and O–H groups in total. The average molecular weight is 401 g/mol. The molecule has 0 radical (unpaired) electrons. The van der Waals surface area contributed by atoms with E-state index in [1.807, 2.05) is 0 Å². The zero-order valence-electron chi connectivity index (χ0n) is 17.1. The first-order valence-electron chi connectivity index (χ1n) is 10.8. The Morgan fingerprint density at radius 3 is 2.34 bits per heavy atom. The third-order valence-electron chi connectivity index (χ3n) is 5.90. The summed E-state index contributed by atoms with van der Waals surface area (Å²) in [5.74, 6) is -0.789. The van der Waals surface area contributed by atoms with E-state index in [1.54, 1.807) is 24.3 Å². The number of carbonyl (C=O) groups is 1. The lowest BCUT2D eigenvalue weighted by Gasteiger charge is -2.28. The molecule has 0 saturated heterocycles. The zero-order valence-corrected chi connectivity index (χ0v) is 17.1. The van der Waals surface area contributed by atoms with E-state index in [2.05, 4.69) is 6.92 Å². The van der Waals surface area contributed by atoms with E-state index in [9.17, 15) is 13.6 Å². The second kappa shape index (κ2) is 10.5. The number of unbranched alkanes of at least 4 members (excludes halogenated alkanes) is 3. The van der Waals surface area contributed by atoms with Crippen molar-refractivity contribution in [3.05, 3.63) is 59.7 Å². The highest BCUT2D eigenvalue weighted by atomic mass is 19.1. The van der Waals surface area contributed by atoms with Crippen molar-refractivity contribution in [1.82, 2.24) is 0 Å². The van der Waals surface area contributed by atoms with Crippen LogP contribution in [-0.4, -0.2) is 12.1 Å². The molecule has 0 atom stereocenters. The quantitative estimate of drug-likeness (QED) is 0.343. The van der Waals surface area contributed by atoms with Crippen LogP contribution in [0.15, 0.2) is 42.5 Å². The summed E-state index contributed by atoms with van der Waals surface area (Å²) in [5.41, 5.74) is 1.36. The Balaban J connectivity index is 1.49. The third-order valence-corrected chi connectivity index (χ3v) is 5.90. The molecule has 0 spiro atoms. The fraction of sp³-hybridized carbons (Fsp3) is 0.480. The minimum Gasteiger partial charge on any atom is -0.459 e. The van der Waals surface area contributed by atoms with Crippen LogP contribution in [0.5, 0.6) is 0 Å². The molecule has 1 saturated carbocycles. The second-order valence-electron chi connectivity index (χ2n) is 8.10. The van der Waals surface area contributed by atoms with Gasteiger partial charge in [0, 0.05) is 11.6 Å². The summed E-state index contributed by atoms with van der Waals surface area (Å²) in [6.45, 7) is 2.23. The summed E-state index contributed by atoms with van der Waals surface area (Å²) in [7, 11) is 0. The Morgan fingerprint density at radius 2 is 1.69 bits per heavy atom. The van der Waals surface area contributed by atoms with Crippen LogP contribution in [0.3, 0.4) is 0 Å². The van der Waals surface area contributed by atoms with Crippen molar-refractivity contribution in [2.75, 3.05) is 0 Å². The SMILES string of the molecule is CCCCCCC1CCC(OC(=O)c2ccc(-c3ccc(F)cc3F)cc2)CC1. The van der Waals surface area contributed by atoms with Gasteiger partial charge in [0.1, 0.15) is 17.7 Å². The molecule has 2 aromatic carbocycles. The van der Waals surface area contributed by atoms with Crippen LogP contribution in [0.4, 0.5) is 8.78 Å². The van der Waals surface area contributed by atoms with Gasteiger partial charge in [-0.2, -0.15) is 0 Å². The predicted molar refractivity (Wildman–Crippen MR) is 112 cm³/mol. The fourth-order valence-corrected chi connectivity index (χ4v) is 4.13. The van der Waals surface area contributed by atoms with Gasteiger partial charge in [0.2, 0.25) is 0 Å². The monoisotopic (exact) mass is 400 g/mol. The van der Waals surface area contributed by atoms with Crippen molar-refractivity contribution in [2.24, 2.45) is 5.92 Å². The highest BCUT2D eigenvalue weighted by Crippen LogP contribution is 2.31. The molecule has 1 aliphatic rings. The number of esters is 1. The molecule has 1 fully saturated rings. The van der Waals surface area contributed by atoms with Gasteiger partial charge in [0.15, 0.2) is 0 Å². The van der Waals surface area contributed by atoms with Crippen LogP contribution in [0, 0.1) is 17.6 Å². The standard InChI is InChI=1S/C25H30F2O2/c1-2-3-4-5-6-18-7-14-22(15-8-18)29-25(28)20-11-9-19(10-12-20)23-16-13-21(26)17-24(23)27/h9-13,16-18,22H,2-8,14-15H2,1H3. The lowest BCUT2D eigenvalue weighted by atomic mass is 9.84. The van der Waals surface area contributed by atoms with Crippen molar-refractivity contribution in [3.8, 4) is 11.1 Å². The van der Waals surface area contributed by atoms with Gasteiger partial charge < -0.3 is 4.74 Å². The van der Waals surface area contributed by atoms with Crippen LogP contribution in [-0.2, 0) is 4.74 Å². The maximum atomic E-state index is 13.9. The van der Waals surface area contributed by atoms with Gasteiger partial charge in [-0.3, -0.25) is 0 Å². The Kier molecular flexibility index (Phi) is 7.79. The topological polar surface area (TPSA) is 26.3 Å². The van der Waals surface area contributed by atoms with Gasteiger partial charge in [-0.25, -0.2) is 13.6 Å². The number of ether oxygens (including phenoxy) is 1. The first kappa shape index (κ1) is 21.5. The molecule has 3 rings (SSSR count). The van der Waals surface area contributed by atoms with Gasteiger partial charge in [-0.1, -0.05) is 51.2 Å². The number of hydrogen-bond acceptors (Lipinski definition) is 2. The summed E-state index contributed by atoms with van der Waals surface area (Å²) in [6.07, 6.45) is 10.6. The largest absolute Gasteiger partial charge is 0.459 e. The summed E-state index contributed by atoms with van der Waals surface area (Å²) < 4.78 is 32.7. The molecule has 29 heavy (non-hydrogen) atoms. The second-order valence-corrected chi connectivity index (χ2v) is 8.10. The van der Waals surface area contributed by atoms with E-state index in [0.717, 1.165) is 37.7 Å². The van der Waals surface area contributed by atoms with Crippen LogP contribution in [0.25, 0.3) is 11.1 Å². The minimum absolute atomic E-state index is 0.0105. The fourth-order valence-electron chi connectivity index (χ4n) is 4.13. The summed E-state index contributed by atoms with van der Waals surface area (Å²) >= 11 is 0. The van der Waals surface area contributed by atoms with Crippen LogP contribution >= 0.6 is 0 Å². The number of halogens is 2. The first-order chi connectivity index (χ1) is 14.1. The maximum Gasteiger partial charge on any atom is 0.338 e. The van der Waals surface area contributed by atoms with E-state index >= 15 is 0 Å². The molecule has 0 amide bonds. The van der Waals surface area contributed by atoms with Gasteiger partial charge in [-0.15, -0.1) is 0 Å². The Labute approximate surface area is 172 Å². The molecule has 2 nitrogen and oxygen atoms in total. The van der Waals surface area contributed by atoms with Crippen molar-refractivity contribution in [1.29, 1.82) is 0 Å². The number of hydrogen-bond donors (Lipinski definition) is 0. The molecule has 4 heteroatoms. The van der Waals surface area contributed by atoms with E-state index < -0.39 is 11.6 Å². The molecule has 0 aliphatic heterocycles. The van der Waals surface area contributed by atoms with Crippen LogP contribution < -0.4 is 0 Å². The Hall–Kier alpha value is -2.23. The summed E-state index contributed by atoms with van der Waals surface area (Å²) in [6, 6.07) is 10.1. The zero-order chi connectivity index (χ0) is 20.6. The molecule has 0 unspecified atom stereocenters. The number of carbonyl (C=O) groups excluding carboxylic acids is 1. The molecule has 0 aromatic heterocycles. The number of benzene rings is 2. The summed E-state index contributed by atoms with van der Waals surface area (Å²) in [4.78, 5) is 12.5. The number of rotatable bonds is 8. The maximum absolute atomic E-state index is 13.9. The molecule has 1 aliphatic carbocycles. The third kappa shape index (κ3) is 6.12. The molecule has 0 bridgehead atoms. The van der Waals surface area contributed by atoms with Crippen molar-refractivity contribution >= 4 is 5.97 Å². The van der Waals surface area contributed by atoms with Crippen molar-refractivity contribution < 1.29 is 18.3 Å². The molecule has 2 aromatic rings. The minimum atomic E-state index is -0.619. The van der Waals surface area contributed by atoms with E-state index in [-0.39, 0.29) is 12.1 Å². The van der Waals surface area contributed by atoms with Gasteiger partial charge in [0.25, 0.3) is 0 Å². The van der Waals surface area contributed by atoms with E-state index in [1.165, 1.54) is 44.2 Å². The van der Waals surface area contributed by atoms with Crippen molar-refractivity contribution in [3.63, 3.8) is 0 Å². The van der Waals surface area contributed by atoms with E-state index in [4.69, 9.17) is 4.74 Å². The highest BCUT2D eigenvalue weighted by molar-refractivity contribution is 5.90.